The second-order valence-electron chi connectivity index (χ2n) is 2.78. The summed E-state index contributed by atoms with van der Waals surface area (Å²) in [7, 11) is -3.79. The van der Waals surface area contributed by atoms with E-state index in [0.29, 0.717) is 0 Å². The maximum absolute atomic E-state index is 11.2. The molecule has 0 spiro atoms. The Bertz CT molecular complexity index is 435. The van der Waals surface area contributed by atoms with Crippen LogP contribution in [0, 0.1) is 0 Å². The SMILES string of the molecule is NS(=O)(=O)CC(=O)c1ccc(O)cc1. The number of hydrogen-bond acceptors (Lipinski definition) is 4. The molecule has 0 aliphatic carbocycles. The zero-order chi connectivity index (χ0) is 10.8. The van der Waals surface area contributed by atoms with Crippen molar-refractivity contribution < 1.29 is 18.3 Å². The molecule has 6 heteroatoms. The summed E-state index contributed by atoms with van der Waals surface area (Å²) in [6.45, 7) is 0. The standard InChI is InChI=1S/C8H9NO4S/c9-14(12,13)5-8(11)6-1-3-7(10)4-2-6/h1-4,10H,5H2,(H2,9,12,13). The lowest BCUT2D eigenvalue weighted by Crippen LogP contribution is -2.23. The van der Waals surface area contributed by atoms with Gasteiger partial charge in [0.1, 0.15) is 11.5 Å². The Morgan fingerprint density at radius 2 is 1.79 bits per heavy atom. The molecule has 0 saturated heterocycles. The summed E-state index contributed by atoms with van der Waals surface area (Å²) in [4.78, 5) is 11.2. The van der Waals surface area contributed by atoms with E-state index in [9.17, 15) is 13.2 Å². The van der Waals surface area contributed by atoms with Crippen molar-refractivity contribution in [3.63, 3.8) is 0 Å². The van der Waals surface area contributed by atoms with E-state index in [1.807, 2.05) is 0 Å². The van der Waals surface area contributed by atoms with E-state index < -0.39 is 21.6 Å². The first-order valence-electron chi connectivity index (χ1n) is 3.71. The van der Waals surface area contributed by atoms with Crippen LogP contribution in [0.2, 0.25) is 0 Å². The summed E-state index contributed by atoms with van der Waals surface area (Å²) < 4.78 is 21.2. The van der Waals surface area contributed by atoms with Crippen LogP contribution >= 0.6 is 0 Å². The molecule has 3 N–H and O–H groups in total. The summed E-state index contributed by atoms with van der Waals surface area (Å²) in [6, 6.07) is 5.28. The van der Waals surface area contributed by atoms with E-state index in [1.165, 1.54) is 24.3 Å². The molecule has 1 rings (SSSR count). The molecule has 0 unspecified atom stereocenters. The first-order valence-corrected chi connectivity index (χ1v) is 5.43. The van der Waals surface area contributed by atoms with Gasteiger partial charge in [0.25, 0.3) is 0 Å². The lowest BCUT2D eigenvalue weighted by Gasteiger charge is -1.99. The highest BCUT2D eigenvalue weighted by atomic mass is 32.2. The number of carbonyl (C=O) groups is 1. The molecule has 0 fully saturated rings. The summed E-state index contributed by atoms with van der Waals surface area (Å²) >= 11 is 0. The normalized spacial score (nSPS) is 11.2. The number of phenolic OH excluding ortho intramolecular Hbond substituents is 1. The van der Waals surface area contributed by atoms with E-state index in [0.717, 1.165) is 0 Å². The molecule has 0 aliphatic rings. The molecule has 0 atom stereocenters. The lowest BCUT2D eigenvalue weighted by molar-refractivity contribution is 0.102. The van der Waals surface area contributed by atoms with Gasteiger partial charge in [0.05, 0.1) is 0 Å². The van der Waals surface area contributed by atoms with E-state index in [1.54, 1.807) is 0 Å². The van der Waals surface area contributed by atoms with Crippen LogP contribution < -0.4 is 5.14 Å². The topological polar surface area (TPSA) is 97.5 Å². The number of nitrogens with two attached hydrogens (primary N) is 1. The number of ketones is 1. The van der Waals surface area contributed by atoms with Gasteiger partial charge in [-0.25, -0.2) is 13.6 Å². The Kier molecular flexibility index (Phi) is 2.87. The van der Waals surface area contributed by atoms with Crippen molar-refractivity contribution in [2.24, 2.45) is 5.14 Å². The van der Waals surface area contributed by atoms with E-state index in [-0.39, 0.29) is 11.3 Å². The maximum atomic E-state index is 11.2. The Labute approximate surface area is 81.2 Å². The Balaban J connectivity index is 2.86. The number of aromatic hydroxyl groups is 1. The number of rotatable bonds is 3. The van der Waals surface area contributed by atoms with Gasteiger partial charge in [-0.2, -0.15) is 0 Å². The molecular formula is C8H9NO4S. The summed E-state index contributed by atoms with van der Waals surface area (Å²) in [5, 5.41) is 13.6. The molecule has 0 radical (unpaired) electrons. The van der Waals surface area contributed by atoms with E-state index >= 15 is 0 Å². The van der Waals surface area contributed by atoms with Gasteiger partial charge >= 0.3 is 0 Å². The second-order valence-corrected chi connectivity index (χ2v) is 4.39. The molecule has 14 heavy (non-hydrogen) atoms. The van der Waals surface area contributed by atoms with Gasteiger partial charge in [0, 0.05) is 5.56 Å². The first-order chi connectivity index (χ1) is 6.38. The predicted octanol–water partition coefficient (Wildman–Crippen LogP) is -0.137. The average molecular weight is 215 g/mol. The number of sulfonamides is 1. The van der Waals surface area contributed by atoms with Gasteiger partial charge < -0.3 is 5.11 Å². The lowest BCUT2D eigenvalue weighted by atomic mass is 10.1. The monoisotopic (exact) mass is 215 g/mol. The number of carbonyl (C=O) groups excluding carboxylic acids is 1. The molecule has 1 aromatic carbocycles. The van der Waals surface area contributed by atoms with Crippen LogP contribution in [0.5, 0.6) is 5.75 Å². The molecule has 0 amide bonds. The van der Waals surface area contributed by atoms with Crippen molar-refractivity contribution in [2.45, 2.75) is 0 Å². The Morgan fingerprint density at radius 3 is 2.21 bits per heavy atom. The third-order valence-electron chi connectivity index (χ3n) is 1.52. The maximum Gasteiger partial charge on any atom is 0.216 e. The van der Waals surface area contributed by atoms with Crippen molar-refractivity contribution in [2.75, 3.05) is 5.75 Å². The molecule has 5 nitrogen and oxygen atoms in total. The highest BCUT2D eigenvalue weighted by molar-refractivity contribution is 7.89. The number of phenols is 1. The number of hydrogen-bond donors (Lipinski definition) is 2. The second kappa shape index (κ2) is 3.77. The highest BCUT2D eigenvalue weighted by Gasteiger charge is 2.13. The molecular weight excluding hydrogens is 206 g/mol. The minimum atomic E-state index is -3.79. The fourth-order valence-electron chi connectivity index (χ4n) is 0.913. The fourth-order valence-corrected chi connectivity index (χ4v) is 1.45. The Hall–Kier alpha value is -1.40. The van der Waals surface area contributed by atoms with E-state index in [2.05, 4.69) is 0 Å². The molecule has 76 valence electrons. The molecule has 0 heterocycles. The van der Waals surface area contributed by atoms with Crippen LogP contribution in [-0.2, 0) is 10.0 Å². The molecule has 0 aromatic heterocycles. The third kappa shape index (κ3) is 3.15. The number of primary sulfonamides is 1. The van der Waals surface area contributed by atoms with Crippen LogP contribution in [0.4, 0.5) is 0 Å². The minimum absolute atomic E-state index is 0.0113. The van der Waals surface area contributed by atoms with Crippen molar-refractivity contribution in [3.05, 3.63) is 29.8 Å². The minimum Gasteiger partial charge on any atom is -0.508 e. The molecule has 0 aliphatic heterocycles. The first kappa shape index (κ1) is 10.7. The van der Waals surface area contributed by atoms with Crippen LogP contribution in [0.25, 0.3) is 0 Å². The molecule has 0 saturated carbocycles. The van der Waals surface area contributed by atoms with Gasteiger partial charge in [-0.1, -0.05) is 0 Å². The fraction of sp³-hybridized carbons (Fsp3) is 0.125. The smallest absolute Gasteiger partial charge is 0.216 e. The zero-order valence-electron chi connectivity index (χ0n) is 7.17. The largest absolute Gasteiger partial charge is 0.508 e. The average Bonchev–Trinajstić information content (AvgIpc) is 2.02. The molecule has 1 aromatic rings. The summed E-state index contributed by atoms with van der Waals surface area (Å²) in [5.41, 5.74) is 0.205. The van der Waals surface area contributed by atoms with Crippen LogP contribution in [-0.4, -0.2) is 25.1 Å². The van der Waals surface area contributed by atoms with Gasteiger partial charge in [-0.05, 0) is 24.3 Å². The van der Waals surface area contributed by atoms with Gasteiger partial charge in [0.15, 0.2) is 5.78 Å². The van der Waals surface area contributed by atoms with Gasteiger partial charge in [-0.3, -0.25) is 4.79 Å². The molecule has 0 bridgehead atoms. The van der Waals surface area contributed by atoms with Crippen molar-refractivity contribution in [1.29, 1.82) is 0 Å². The Morgan fingerprint density at radius 1 is 1.29 bits per heavy atom. The van der Waals surface area contributed by atoms with Gasteiger partial charge in [-0.15, -0.1) is 0 Å². The summed E-state index contributed by atoms with van der Waals surface area (Å²) in [5.74, 6) is -1.30. The predicted molar refractivity (Wildman–Crippen MR) is 50.4 cm³/mol. The van der Waals surface area contributed by atoms with E-state index in [4.69, 9.17) is 10.2 Å². The summed E-state index contributed by atoms with van der Waals surface area (Å²) in [6.07, 6.45) is 0. The number of Topliss-reactive ketones (excluding diaryl/α,β-unsaturated/α-hetero) is 1. The number of benzene rings is 1. The quantitative estimate of drug-likeness (QED) is 0.686. The van der Waals surface area contributed by atoms with Crippen molar-refractivity contribution in [1.82, 2.24) is 0 Å². The third-order valence-corrected chi connectivity index (χ3v) is 2.19. The van der Waals surface area contributed by atoms with Gasteiger partial charge in [0.2, 0.25) is 10.0 Å². The van der Waals surface area contributed by atoms with Crippen LogP contribution in [0.3, 0.4) is 0 Å². The van der Waals surface area contributed by atoms with Crippen molar-refractivity contribution in [3.8, 4) is 5.75 Å². The van der Waals surface area contributed by atoms with Crippen LogP contribution in [0.1, 0.15) is 10.4 Å². The zero-order valence-corrected chi connectivity index (χ0v) is 7.99. The highest BCUT2D eigenvalue weighted by Crippen LogP contribution is 2.10. The van der Waals surface area contributed by atoms with Crippen LogP contribution in [0.15, 0.2) is 24.3 Å². The van der Waals surface area contributed by atoms with Crippen molar-refractivity contribution >= 4 is 15.8 Å².